The normalized spacial score (nSPS) is 9.13. The maximum atomic E-state index is 11.0. The molecule has 1 amide bonds. The van der Waals surface area contributed by atoms with Gasteiger partial charge in [0, 0.05) is 13.5 Å². The van der Waals surface area contributed by atoms with E-state index >= 15 is 0 Å². The molecular formula is C11H12N2O2. The molecule has 0 aromatic heterocycles. The van der Waals surface area contributed by atoms with Gasteiger partial charge in [0.1, 0.15) is 0 Å². The number of nitrogens with zero attached hydrogens (tertiary/aromatic N) is 1. The number of carbonyl (C=O) groups excluding carboxylic acids is 2. The molecule has 1 rings (SSSR count). The van der Waals surface area contributed by atoms with E-state index in [4.69, 9.17) is 0 Å². The number of rotatable bonds is 4. The third-order valence-corrected chi connectivity index (χ3v) is 2.03. The second-order valence-electron chi connectivity index (χ2n) is 3.04. The molecule has 4 nitrogen and oxygen atoms in total. The molecule has 0 aliphatic carbocycles. The van der Waals surface area contributed by atoms with Gasteiger partial charge in [-0.2, -0.15) is 4.99 Å². The molecule has 78 valence electrons. The van der Waals surface area contributed by atoms with Gasteiger partial charge in [-0.1, -0.05) is 12.1 Å². The molecule has 1 aromatic carbocycles. The highest BCUT2D eigenvalue weighted by molar-refractivity contribution is 5.75. The summed E-state index contributed by atoms with van der Waals surface area (Å²) in [5.74, 6) is 0.0185. The lowest BCUT2D eigenvalue weighted by atomic mass is 10.1. The molecule has 0 atom stereocenters. The van der Waals surface area contributed by atoms with Crippen molar-refractivity contribution in [3.63, 3.8) is 0 Å². The Morgan fingerprint density at radius 2 is 2.07 bits per heavy atom. The summed E-state index contributed by atoms with van der Waals surface area (Å²) in [7, 11) is 1.62. The number of nitrogens with one attached hydrogen (secondary N) is 1. The molecule has 0 saturated carbocycles. The summed E-state index contributed by atoms with van der Waals surface area (Å²) in [4.78, 5) is 24.4. The van der Waals surface area contributed by atoms with Crippen LogP contribution in [-0.2, 0) is 16.0 Å². The van der Waals surface area contributed by atoms with E-state index in [2.05, 4.69) is 10.3 Å². The first-order chi connectivity index (χ1) is 7.26. The van der Waals surface area contributed by atoms with Crippen molar-refractivity contribution in [1.29, 1.82) is 0 Å². The van der Waals surface area contributed by atoms with Crippen molar-refractivity contribution >= 4 is 17.7 Å². The lowest BCUT2D eigenvalue weighted by molar-refractivity contribution is -0.120. The fourth-order valence-corrected chi connectivity index (χ4v) is 1.17. The van der Waals surface area contributed by atoms with Crippen LogP contribution in [-0.4, -0.2) is 19.0 Å². The van der Waals surface area contributed by atoms with Crippen molar-refractivity contribution in [3.05, 3.63) is 29.8 Å². The molecule has 1 aromatic rings. The Morgan fingerprint density at radius 3 is 2.60 bits per heavy atom. The van der Waals surface area contributed by atoms with Crippen LogP contribution in [0.2, 0.25) is 0 Å². The van der Waals surface area contributed by atoms with Gasteiger partial charge in [0.15, 0.2) is 0 Å². The van der Waals surface area contributed by atoms with Crippen LogP contribution < -0.4 is 5.32 Å². The minimum absolute atomic E-state index is 0.0185. The molecule has 0 aliphatic heterocycles. The van der Waals surface area contributed by atoms with Crippen LogP contribution in [0.3, 0.4) is 0 Å². The smallest absolute Gasteiger partial charge is 0.240 e. The van der Waals surface area contributed by atoms with Gasteiger partial charge in [-0.25, -0.2) is 4.79 Å². The Bertz CT molecular complexity index is 378. The van der Waals surface area contributed by atoms with Crippen LogP contribution in [0, 0.1) is 0 Å². The molecular weight excluding hydrogens is 192 g/mol. The van der Waals surface area contributed by atoms with Gasteiger partial charge in [0.25, 0.3) is 0 Å². The van der Waals surface area contributed by atoms with Crippen LogP contribution in [0.5, 0.6) is 0 Å². The molecule has 0 spiro atoms. The van der Waals surface area contributed by atoms with E-state index in [0.29, 0.717) is 18.5 Å². The zero-order valence-electron chi connectivity index (χ0n) is 8.49. The summed E-state index contributed by atoms with van der Waals surface area (Å²) in [6, 6.07) is 7.15. The first-order valence-corrected chi connectivity index (χ1v) is 4.63. The second-order valence-corrected chi connectivity index (χ2v) is 3.04. The molecule has 1 N–H and O–H groups in total. The average molecular weight is 204 g/mol. The Morgan fingerprint density at radius 1 is 1.40 bits per heavy atom. The Kier molecular flexibility index (Phi) is 4.26. The van der Waals surface area contributed by atoms with Gasteiger partial charge in [-0.05, 0) is 24.1 Å². The largest absolute Gasteiger partial charge is 0.359 e. The van der Waals surface area contributed by atoms with E-state index in [1.807, 2.05) is 12.1 Å². The fraction of sp³-hybridized carbons (Fsp3) is 0.273. The number of benzene rings is 1. The first-order valence-electron chi connectivity index (χ1n) is 4.63. The Hall–Kier alpha value is -1.93. The van der Waals surface area contributed by atoms with Crippen molar-refractivity contribution in [2.45, 2.75) is 12.8 Å². The standard InChI is InChI=1S/C11H12N2O2/c1-12-11(15)7-4-9-2-5-10(6-3-9)13-8-14/h2-3,5-6H,4,7H2,1H3,(H,12,15). The molecule has 0 heterocycles. The van der Waals surface area contributed by atoms with Crippen LogP contribution in [0.1, 0.15) is 12.0 Å². The number of carbonyl (C=O) groups is 1. The van der Waals surface area contributed by atoms with Crippen molar-refractivity contribution in [3.8, 4) is 0 Å². The summed E-state index contributed by atoms with van der Waals surface area (Å²) in [5, 5.41) is 2.56. The quantitative estimate of drug-likeness (QED) is 0.594. The number of isocyanates is 1. The van der Waals surface area contributed by atoms with Crippen molar-refractivity contribution in [1.82, 2.24) is 5.32 Å². The van der Waals surface area contributed by atoms with E-state index in [0.717, 1.165) is 5.56 Å². The summed E-state index contributed by atoms with van der Waals surface area (Å²) in [5.41, 5.74) is 1.62. The minimum atomic E-state index is 0.0185. The zero-order valence-corrected chi connectivity index (χ0v) is 8.49. The number of hydrogen-bond donors (Lipinski definition) is 1. The SMILES string of the molecule is CNC(=O)CCc1ccc(N=C=O)cc1. The lowest BCUT2D eigenvalue weighted by Gasteiger charge is -2.00. The van der Waals surface area contributed by atoms with Gasteiger partial charge >= 0.3 is 0 Å². The molecule has 0 bridgehead atoms. The van der Waals surface area contributed by atoms with Gasteiger partial charge in [0.2, 0.25) is 12.0 Å². The number of aliphatic imine (C=N–C) groups is 1. The minimum Gasteiger partial charge on any atom is -0.359 e. The van der Waals surface area contributed by atoms with Crippen LogP contribution >= 0.6 is 0 Å². The number of hydrogen-bond acceptors (Lipinski definition) is 3. The average Bonchev–Trinajstić information content (AvgIpc) is 2.28. The van der Waals surface area contributed by atoms with E-state index in [1.165, 1.54) is 6.08 Å². The van der Waals surface area contributed by atoms with E-state index in [1.54, 1.807) is 19.2 Å². The van der Waals surface area contributed by atoms with Crippen LogP contribution in [0.4, 0.5) is 5.69 Å². The highest BCUT2D eigenvalue weighted by atomic mass is 16.1. The molecule has 15 heavy (non-hydrogen) atoms. The van der Waals surface area contributed by atoms with E-state index < -0.39 is 0 Å². The van der Waals surface area contributed by atoms with Crippen molar-refractivity contribution in [2.75, 3.05) is 7.05 Å². The molecule has 0 fully saturated rings. The topological polar surface area (TPSA) is 58.5 Å². The highest BCUT2D eigenvalue weighted by Crippen LogP contribution is 2.13. The summed E-state index contributed by atoms with van der Waals surface area (Å²) in [6.07, 6.45) is 2.62. The van der Waals surface area contributed by atoms with E-state index in [-0.39, 0.29) is 5.91 Å². The van der Waals surface area contributed by atoms with Gasteiger partial charge in [-0.15, -0.1) is 0 Å². The van der Waals surface area contributed by atoms with Crippen LogP contribution in [0.25, 0.3) is 0 Å². The Labute approximate surface area is 88.0 Å². The van der Waals surface area contributed by atoms with Crippen LogP contribution in [0.15, 0.2) is 29.3 Å². The molecule has 4 heteroatoms. The monoisotopic (exact) mass is 204 g/mol. The van der Waals surface area contributed by atoms with Gasteiger partial charge < -0.3 is 5.32 Å². The maximum absolute atomic E-state index is 11.0. The fourth-order valence-electron chi connectivity index (χ4n) is 1.17. The van der Waals surface area contributed by atoms with Gasteiger partial charge in [0.05, 0.1) is 5.69 Å². The zero-order chi connectivity index (χ0) is 11.1. The summed E-state index contributed by atoms with van der Waals surface area (Å²) in [6.45, 7) is 0. The molecule has 0 radical (unpaired) electrons. The second kappa shape index (κ2) is 5.73. The highest BCUT2D eigenvalue weighted by Gasteiger charge is 1.99. The molecule has 0 saturated heterocycles. The molecule has 0 aliphatic rings. The molecule has 0 unspecified atom stereocenters. The van der Waals surface area contributed by atoms with Crippen molar-refractivity contribution < 1.29 is 9.59 Å². The predicted molar refractivity (Wildman–Crippen MR) is 56.6 cm³/mol. The lowest BCUT2D eigenvalue weighted by Crippen LogP contribution is -2.17. The number of amides is 1. The first kappa shape index (κ1) is 11.1. The van der Waals surface area contributed by atoms with Gasteiger partial charge in [-0.3, -0.25) is 4.79 Å². The number of aryl methyl sites for hydroxylation is 1. The summed E-state index contributed by atoms with van der Waals surface area (Å²) < 4.78 is 0. The Balaban J connectivity index is 2.56. The summed E-state index contributed by atoms with van der Waals surface area (Å²) >= 11 is 0. The van der Waals surface area contributed by atoms with Crippen molar-refractivity contribution in [2.24, 2.45) is 4.99 Å². The van der Waals surface area contributed by atoms with E-state index in [9.17, 15) is 9.59 Å². The maximum Gasteiger partial charge on any atom is 0.240 e. The third-order valence-electron chi connectivity index (χ3n) is 2.03. The predicted octanol–water partition coefficient (Wildman–Crippen LogP) is 1.33. The third kappa shape index (κ3) is 3.75.